The van der Waals surface area contributed by atoms with E-state index in [0.717, 1.165) is 0 Å². The van der Waals surface area contributed by atoms with Crippen molar-refractivity contribution < 1.29 is 28.6 Å². The molecule has 1 saturated heterocycles. The van der Waals surface area contributed by atoms with Gasteiger partial charge in [0.05, 0.1) is 0 Å². The molecule has 0 amide bonds. The molecule has 0 spiro atoms. The molecule has 2 rings (SSSR count). The van der Waals surface area contributed by atoms with Crippen LogP contribution >= 0.6 is 11.8 Å². The zero-order chi connectivity index (χ0) is 11.6. The van der Waals surface area contributed by atoms with Crippen LogP contribution in [0.25, 0.3) is 0 Å². The summed E-state index contributed by atoms with van der Waals surface area (Å²) in [6.45, 7) is 9.64. The monoisotopic (exact) mass is 365 g/mol. The molecule has 3 heteroatoms. The molecule has 0 N–H and O–H groups in total. The molecule has 2 aliphatic rings. The van der Waals surface area contributed by atoms with Crippen LogP contribution < -0.4 is 24.0 Å². The summed E-state index contributed by atoms with van der Waals surface area (Å²) in [5, 5.41) is 0. The van der Waals surface area contributed by atoms with Crippen LogP contribution in [0.15, 0.2) is 11.0 Å². The molecule has 1 aliphatic carbocycles. The molecule has 0 aromatic carbocycles. The van der Waals surface area contributed by atoms with Crippen LogP contribution in [0.4, 0.5) is 0 Å². The van der Waals surface area contributed by atoms with E-state index >= 15 is 0 Å². The molecule has 1 aliphatic heterocycles. The Hall–Kier alpha value is 0.490. The third-order valence-corrected chi connectivity index (χ3v) is 4.40. The fourth-order valence-corrected chi connectivity index (χ4v) is 3.88. The first-order chi connectivity index (χ1) is 7.61. The van der Waals surface area contributed by atoms with Crippen molar-refractivity contribution in [2.75, 3.05) is 18.8 Å². The summed E-state index contributed by atoms with van der Waals surface area (Å²) < 4.78 is 2.61. The summed E-state index contributed by atoms with van der Waals surface area (Å²) in [4.78, 5) is 1.60. The van der Waals surface area contributed by atoms with E-state index in [2.05, 4.69) is 31.4 Å². The van der Waals surface area contributed by atoms with Crippen molar-refractivity contribution in [1.82, 2.24) is 0 Å². The van der Waals surface area contributed by atoms with Gasteiger partial charge in [-0.3, -0.25) is 0 Å². The van der Waals surface area contributed by atoms with Crippen LogP contribution in [0.2, 0.25) is 0 Å². The van der Waals surface area contributed by atoms with Crippen molar-refractivity contribution in [2.45, 2.75) is 46.5 Å². The van der Waals surface area contributed by atoms with Gasteiger partial charge in [-0.15, -0.1) is 11.8 Å². The first kappa shape index (κ1) is 15.5. The number of allylic oxidation sites excluding steroid dienone is 2. The van der Waals surface area contributed by atoms with Crippen LogP contribution in [0.5, 0.6) is 0 Å². The average molecular weight is 365 g/mol. The van der Waals surface area contributed by atoms with Gasteiger partial charge >= 0.3 is 0 Å². The standard InChI is InChI=1S/C14H24NS.HI/c1-4-16-13-9-12(10-14(2,3)11-13)15-7-5-6-8-15;/h9H,4-8,10-11H2,1-3H3;1H/q+1;/p-1. The SMILES string of the molecule is CCSC1=CC(=[N+]2CCCC2)CC(C)(C)C1.[I-]. The highest BCUT2D eigenvalue weighted by molar-refractivity contribution is 8.03. The van der Waals surface area contributed by atoms with E-state index in [1.165, 1.54) is 44.5 Å². The number of hydrogen-bond donors (Lipinski definition) is 0. The van der Waals surface area contributed by atoms with Crippen LogP contribution in [0, 0.1) is 5.41 Å². The molecule has 98 valence electrons. The summed E-state index contributed by atoms with van der Waals surface area (Å²) in [6.07, 6.45) is 7.77. The topological polar surface area (TPSA) is 3.01 Å². The molecule has 0 aromatic heterocycles. The largest absolute Gasteiger partial charge is 1.00 e. The van der Waals surface area contributed by atoms with Crippen molar-refractivity contribution in [3.8, 4) is 0 Å². The second-order valence-corrected chi connectivity index (χ2v) is 7.14. The molecule has 17 heavy (non-hydrogen) atoms. The quantitative estimate of drug-likeness (QED) is 0.514. The minimum Gasteiger partial charge on any atom is -1.00 e. The Morgan fingerprint density at radius 3 is 2.47 bits per heavy atom. The fourth-order valence-electron chi connectivity index (χ4n) is 2.80. The maximum Gasteiger partial charge on any atom is 0.177 e. The van der Waals surface area contributed by atoms with Gasteiger partial charge in [0.25, 0.3) is 0 Å². The number of halogens is 1. The Morgan fingerprint density at radius 1 is 1.24 bits per heavy atom. The van der Waals surface area contributed by atoms with E-state index < -0.39 is 0 Å². The predicted octanol–water partition coefficient (Wildman–Crippen LogP) is 0.695. The maximum atomic E-state index is 2.61. The smallest absolute Gasteiger partial charge is 0.177 e. The predicted molar refractivity (Wildman–Crippen MR) is 73.5 cm³/mol. The third kappa shape index (κ3) is 4.27. The lowest BCUT2D eigenvalue weighted by molar-refractivity contribution is -0.507. The first-order valence-corrected chi connectivity index (χ1v) is 7.53. The zero-order valence-electron chi connectivity index (χ0n) is 11.3. The molecular weight excluding hydrogens is 341 g/mol. The molecule has 0 bridgehead atoms. The Kier molecular flexibility index (Phi) is 6.03. The highest BCUT2D eigenvalue weighted by Crippen LogP contribution is 2.38. The lowest BCUT2D eigenvalue weighted by Gasteiger charge is -2.29. The summed E-state index contributed by atoms with van der Waals surface area (Å²) in [5.41, 5.74) is 2.06. The number of rotatable bonds is 2. The lowest BCUT2D eigenvalue weighted by atomic mass is 9.80. The molecule has 1 fully saturated rings. The van der Waals surface area contributed by atoms with Crippen molar-refractivity contribution in [3.05, 3.63) is 11.0 Å². The highest BCUT2D eigenvalue weighted by Gasteiger charge is 2.31. The van der Waals surface area contributed by atoms with Crippen molar-refractivity contribution >= 4 is 17.5 Å². The fraction of sp³-hybridized carbons (Fsp3) is 0.786. The van der Waals surface area contributed by atoms with E-state index in [4.69, 9.17) is 0 Å². The van der Waals surface area contributed by atoms with Gasteiger partial charge < -0.3 is 24.0 Å². The molecule has 0 aromatic rings. The number of nitrogens with zero attached hydrogens (tertiary/aromatic N) is 1. The third-order valence-electron chi connectivity index (χ3n) is 3.48. The van der Waals surface area contributed by atoms with Gasteiger partial charge in [-0.1, -0.05) is 20.8 Å². The molecule has 0 radical (unpaired) electrons. The van der Waals surface area contributed by atoms with Crippen LogP contribution in [0.1, 0.15) is 46.5 Å². The molecule has 1 nitrogen and oxygen atoms in total. The number of hydrogen-bond acceptors (Lipinski definition) is 1. The summed E-state index contributed by atoms with van der Waals surface area (Å²) in [5.74, 6) is 1.20. The Morgan fingerprint density at radius 2 is 1.88 bits per heavy atom. The van der Waals surface area contributed by atoms with Gasteiger partial charge in [-0.25, -0.2) is 4.58 Å². The molecule has 0 saturated carbocycles. The van der Waals surface area contributed by atoms with Crippen molar-refractivity contribution in [2.24, 2.45) is 5.41 Å². The van der Waals surface area contributed by atoms with Gasteiger partial charge in [0.15, 0.2) is 5.71 Å². The van der Waals surface area contributed by atoms with Gasteiger partial charge in [0, 0.05) is 25.3 Å². The summed E-state index contributed by atoms with van der Waals surface area (Å²) in [7, 11) is 0. The second-order valence-electron chi connectivity index (χ2n) is 5.75. The van der Waals surface area contributed by atoms with Crippen LogP contribution in [-0.2, 0) is 0 Å². The first-order valence-electron chi connectivity index (χ1n) is 6.55. The van der Waals surface area contributed by atoms with E-state index in [1.807, 2.05) is 11.8 Å². The minimum atomic E-state index is 0. The van der Waals surface area contributed by atoms with Crippen LogP contribution in [0.3, 0.4) is 0 Å². The van der Waals surface area contributed by atoms with Gasteiger partial charge in [-0.05, 0) is 22.5 Å². The number of thioether (sulfide) groups is 1. The van der Waals surface area contributed by atoms with Crippen LogP contribution in [-0.4, -0.2) is 29.1 Å². The van der Waals surface area contributed by atoms with Gasteiger partial charge in [0.2, 0.25) is 0 Å². The van der Waals surface area contributed by atoms with Crippen molar-refractivity contribution in [1.29, 1.82) is 0 Å². The molecule has 1 heterocycles. The van der Waals surface area contributed by atoms with E-state index in [-0.39, 0.29) is 24.0 Å². The molecule has 0 atom stereocenters. The molecule has 0 unspecified atom stereocenters. The second kappa shape index (κ2) is 6.60. The van der Waals surface area contributed by atoms with Gasteiger partial charge in [0.1, 0.15) is 13.1 Å². The average Bonchev–Trinajstić information content (AvgIpc) is 2.68. The Labute approximate surface area is 127 Å². The van der Waals surface area contributed by atoms with Crippen molar-refractivity contribution in [3.63, 3.8) is 0 Å². The zero-order valence-corrected chi connectivity index (χ0v) is 14.2. The normalized spacial score (nSPS) is 23.4. The maximum absolute atomic E-state index is 2.61. The summed E-state index contributed by atoms with van der Waals surface area (Å²) >= 11 is 2.03. The van der Waals surface area contributed by atoms with Gasteiger partial charge in [-0.2, -0.15) is 0 Å². The molecular formula is C14H24INS. The Bertz CT molecular complexity index is 323. The minimum absolute atomic E-state index is 0. The Balaban J connectivity index is 0.00000144. The summed E-state index contributed by atoms with van der Waals surface area (Å²) in [6, 6.07) is 0. The van der Waals surface area contributed by atoms with E-state index in [1.54, 1.807) is 10.6 Å². The lowest BCUT2D eigenvalue weighted by Crippen LogP contribution is -3.00. The van der Waals surface area contributed by atoms with E-state index in [9.17, 15) is 0 Å². The highest BCUT2D eigenvalue weighted by atomic mass is 127. The van der Waals surface area contributed by atoms with E-state index in [0.29, 0.717) is 5.41 Å².